The Hall–Kier alpha value is -1.42. The van der Waals surface area contributed by atoms with Crippen molar-refractivity contribution in [3.8, 4) is 10.8 Å². The van der Waals surface area contributed by atoms with Crippen LogP contribution in [0.15, 0.2) is 18.2 Å². The van der Waals surface area contributed by atoms with Crippen molar-refractivity contribution in [1.82, 2.24) is 0 Å². The molecule has 3 N–H and O–H groups in total. The van der Waals surface area contributed by atoms with Crippen LogP contribution in [-0.2, 0) is 0 Å². The zero-order valence-corrected chi connectivity index (χ0v) is 7.89. The quantitative estimate of drug-likeness (QED) is 0.686. The Kier molecular flexibility index (Phi) is 1.77. The van der Waals surface area contributed by atoms with E-state index >= 15 is 0 Å². The number of fused-ring (bicyclic) bond motifs is 1. The third kappa shape index (κ3) is 1.19. The molecule has 68 valence electrons. The fourth-order valence-corrected chi connectivity index (χ4v) is 2.19. The summed E-state index contributed by atoms with van der Waals surface area (Å²) in [7, 11) is 1.60. The Morgan fingerprint density at radius 1 is 1.46 bits per heavy atom. The van der Waals surface area contributed by atoms with Gasteiger partial charge in [0.05, 0.1) is 11.8 Å². The Morgan fingerprint density at radius 3 is 2.92 bits per heavy atom. The van der Waals surface area contributed by atoms with Gasteiger partial charge in [-0.3, -0.25) is 0 Å². The van der Waals surface area contributed by atoms with Crippen molar-refractivity contribution in [1.29, 1.82) is 0 Å². The molecule has 0 aliphatic carbocycles. The van der Waals surface area contributed by atoms with E-state index in [1.165, 1.54) is 11.3 Å². The van der Waals surface area contributed by atoms with Crippen LogP contribution in [0.5, 0.6) is 10.8 Å². The molecule has 0 atom stereocenters. The number of aromatic hydroxyl groups is 1. The summed E-state index contributed by atoms with van der Waals surface area (Å²) in [5.74, 6) is 0.745. The second-order valence-corrected chi connectivity index (χ2v) is 3.72. The molecule has 4 heteroatoms. The summed E-state index contributed by atoms with van der Waals surface area (Å²) in [5, 5.41) is 10.4. The Morgan fingerprint density at radius 2 is 2.23 bits per heavy atom. The summed E-state index contributed by atoms with van der Waals surface area (Å²) in [5.41, 5.74) is 6.39. The second kappa shape index (κ2) is 2.81. The number of methoxy groups -OCH3 is 1. The Bertz CT molecular complexity index is 450. The van der Waals surface area contributed by atoms with Crippen LogP contribution in [0, 0.1) is 0 Å². The van der Waals surface area contributed by atoms with Crippen LogP contribution in [0.1, 0.15) is 0 Å². The minimum Gasteiger partial charge on any atom is -0.499 e. The predicted molar refractivity (Wildman–Crippen MR) is 54.5 cm³/mol. The highest BCUT2D eigenvalue weighted by Crippen LogP contribution is 2.39. The first-order valence-corrected chi connectivity index (χ1v) is 4.59. The maximum absolute atomic E-state index is 9.31. The fraction of sp³-hybridized carbons (Fsp3) is 0.111. The lowest BCUT2D eigenvalue weighted by molar-refractivity contribution is 0.420. The molecule has 1 heterocycles. The summed E-state index contributed by atoms with van der Waals surface area (Å²) < 4.78 is 6.03. The predicted octanol–water partition coefficient (Wildman–Crippen LogP) is 2.20. The number of ether oxygens (including phenoxy) is 1. The standard InChI is InChI=1S/C9H9NO2S/c1-12-7-3-2-6(10)5-4-8(11)13-9(5)7/h2-4,11H,10H2,1H3. The number of benzene rings is 1. The lowest BCUT2D eigenvalue weighted by atomic mass is 10.2. The average molecular weight is 195 g/mol. The summed E-state index contributed by atoms with van der Waals surface area (Å²) >= 11 is 1.27. The first-order chi connectivity index (χ1) is 6.22. The lowest BCUT2D eigenvalue weighted by Gasteiger charge is -2.01. The fourth-order valence-electron chi connectivity index (χ4n) is 1.27. The molecule has 0 saturated heterocycles. The van der Waals surface area contributed by atoms with Crippen LogP contribution in [0.3, 0.4) is 0 Å². The molecule has 0 bridgehead atoms. The SMILES string of the molecule is COc1ccc(N)c2cc(O)sc12. The van der Waals surface area contributed by atoms with Crippen molar-refractivity contribution in [2.45, 2.75) is 0 Å². The van der Waals surface area contributed by atoms with Crippen LogP contribution in [-0.4, -0.2) is 12.2 Å². The maximum atomic E-state index is 9.31. The van der Waals surface area contributed by atoms with Crippen molar-refractivity contribution in [2.75, 3.05) is 12.8 Å². The number of nitrogens with two attached hydrogens (primary N) is 1. The molecule has 2 rings (SSSR count). The van der Waals surface area contributed by atoms with Crippen molar-refractivity contribution >= 4 is 27.1 Å². The van der Waals surface area contributed by atoms with E-state index in [0.29, 0.717) is 5.69 Å². The highest BCUT2D eigenvalue weighted by molar-refractivity contribution is 7.21. The van der Waals surface area contributed by atoms with Crippen molar-refractivity contribution in [3.05, 3.63) is 18.2 Å². The maximum Gasteiger partial charge on any atom is 0.172 e. The van der Waals surface area contributed by atoms with E-state index in [2.05, 4.69) is 0 Å². The van der Waals surface area contributed by atoms with Gasteiger partial charge in [-0.2, -0.15) is 0 Å². The van der Waals surface area contributed by atoms with Gasteiger partial charge in [-0.05, 0) is 12.1 Å². The molecule has 3 nitrogen and oxygen atoms in total. The summed E-state index contributed by atoms with van der Waals surface area (Å²) in [6.45, 7) is 0. The van der Waals surface area contributed by atoms with E-state index in [9.17, 15) is 5.11 Å². The number of rotatable bonds is 1. The Balaban J connectivity index is 2.83. The van der Waals surface area contributed by atoms with Crippen LogP contribution in [0.25, 0.3) is 10.1 Å². The van der Waals surface area contributed by atoms with Gasteiger partial charge in [0.15, 0.2) is 5.06 Å². The smallest absolute Gasteiger partial charge is 0.172 e. The molecule has 0 aliphatic rings. The molecule has 0 radical (unpaired) electrons. The second-order valence-electron chi connectivity index (χ2n) is 2.68. The molecule has 2 aromatic rings. The third-order valence-electron chi connectivity index (χ3n) is 1.89. The number of hydrogen-bond acceptors (Lipinski definition) is 4. The number of anilines is 1. The molecule has 0 aliphatic heterocycles. The minimum atomic E-state index is 0.256. The van der Waals surface area contributed by atoms with Crippen LogP contribution >= 0.6 is 11.3 Å². The summed E-state index contributed by atoms with van der Waals surface area (Å²) in [6.07, 6.45) is 0. The van der Waals surface area contributed by atoms with Gasteiger partial charge in [0.25, 0.3) is 0 Å². The number of hydrogen-bond donors (Lipinski definition) is 2. The molecule has 1 aromatic heterocycles. The van der Waals surface area contributed by atoms with Gasteiger partial charge >= 0.3 is 0 Å². The zero-order chi connectivity index (χ0) is 9.42. The summed E-state index contributed by atoms with van der Waals surface area (Å²) in [4.78, 5) is 0. The van der Waals surface area contributed by atoms with Gasteiger partial charge in [0, 0.05) is 17.1 Å². The van der Waals surface area contributed by atoms with Crippen LogP contribution < -0.4 is 10.5 Å². The van der Waals surface area contributed by atoms with Gasteiger partial charge in [0.1, 0.15) is 5.75 Å². The lowest BCUT2D eigenvalue weighted by Crippen LogP contribution is -1.87. The van der Waals surface area contributed by atoms with Gasteiger partial charge in [0.2, 0.25) is 0 Å². The number of nitrogen functional groups attached to an aromatic ring is 1. The number of thiophene rings is 1. The molecule has 13 heavy (non-hydrogen) atoms. The van der Waals surface area contributed by atoms with Crippen LogP contribution in [0.4, 0.5) is 5.69 Å². The van der Waals surface area contributed by atoms with E-state index in [1.807, 2.05) is 0 Å². The molecule has 0 unspecified atom stereocenters. The normalized spacial score (nSPS) is 10.5. The Labute approximate surface area is 79.4 Å². The molecular formula is C9H9NO2S. The van der Waals surface area contributed by atoms with E-state index < -0.39 is 0 Å². The highest BCUT2D eigenvalue weighted by atomic mass is 32.1. The first kappa shape index (κ1) is 8.19. The topological polar surface area (TPSA) is 55.5 Å². The van der Waals surface area contributed by atoms with Crippen molar-refractivity contribution in [2.24, 2.45) is 0 Å². The van der Waals surface area contributed by atoms with Crippen molar-refractivity contribution in [3.63, 3.8) is 0 Å². The zero-order valence-electron chi connectivity index (χ0n) is 7.07. The largest absolute Gasteiger partial charge is 0.499 e. The third-order valence-corrected chi connectivity index (χ3v) is 2.84. The molecule has 0 saturated carbocycles. The molecule has 0 amide bonds. The highest BCUT2D eigenvalue weighted by Gasteiger charge is 2.08. The van der Waals surface area contributed by atoms with E-state index in [0.717, 1.165) is 15.8 Å². The molecule has 0 fully saturated rings. The average Bonchev–Trinajstić information content (AvgIpc) is 2.48. The minimum absolute atomic E-state index is 0.256. The van der Waals surface area contributed by atoms with Crippen LogP contribution in [0.2, 0.25) is 0 Å². The van der Waals surface area contributed by atoms with E-state index in [-0.39, 0.29) is 5.06 Å². The molecule has 0 spiro atoms. The van der Waals surface area contributed by atoms with Gasteiger partial charge in [-0.1, -0.05) is 11.3 Å². The molecule has 1 aromatic carbocycles. The van der Waals surface area contributed by atoms with Gasteiger partial charge < -0.3 is 15.6 Å². The van der Waals surface area contributed by atoms with Gasteiger partial charge in [-0.15, -0.1) is 0 Å². The molecular weight excluding hydrogens is 186 g/mol. The summed E-state index contributed by atoms with van der Waals surface area (Å²) in [6, 6.07) is 5.22. The van der Waals surface area contributed by atoms with E-state index in [1.54, 1.807) is 25.3 Å². The monoisotopic (exact) mass is 195 g/mol. The van der Waals surface area contributed by atoms with E-state index in [4.69, 9.17) is 10.5 Å². The van der Waals surface area contributed by atoms with Gasteiger partial charge in [-0.25, -0.2) is 0 Å². The van der Waals surface area contributed by atoms with Crippen molar-refractivity contribution < 1.29 is 9.84 Å². The first-order valence-electron chi connectivity index (χ1n) is 3.77.